The van der Waals surface area contributed by atoms with Gasteiger partial charge in [-0.3, -0.25) is 14.4 Å². The van der Waals surface area contributed by atoms with Gasteiger partial charge in [-0.05, 0) is 37.3 Å². The molecule has 0 aliphatic heterocycles. The summed E-state index contributed by atoms with van der Waals surface area (Å²) < 4.78 is 15.7. The van der Waals surface area contributed by atoms with Gasteiger partial charge >= 0.3 is 0 Å². The third kappa shape index (κ3) is 5.12. The largest absolute Gasteiger partial charge is 0.493 e. The summed E-state index contributed by atoms with van der Waals surface area (Å²) in [5, 5.41) is 5.35. The monoisotopic (exact) mass is 435 g/mol. The van der Waals surface area contributed by atoms with Crippen LogP contribution >= 0.6 is 11.6 Å². The van der Waals surface area contributed by atoms with E-state index in [0.717, 1.165) is 0 Å². The molecule has 160 valence electrons. The summed E-state index contributed by atoms with van der Waals surface area (Å²) in [6.07, 6.45) is 0. The van der Waals surface area contributed by atoms with Gasteiger partial charge in [0.2, 0.25) is 17.6 Å². The van der Waals surface area contributed by atoms with Crippen LogP contribution in [0, 0.1) is 0 Å². The van der Waals surface area contributed by atoms with E-state index < -0.39 is 23.8 Å². The number of amides is 3. The Balaban J connectivity index is 2.15. The molecule has 30 heavy (non-hydrogen) atoms. The third-order valence-electron chi connectivity index (χ3n) is 4.17. The highest BCUT2D eigenvalue weighted by Gasteiger charge is 2.21. The zero-order valence-corrected chi connectivity index (χ0v) is 17.6. The average Bonchev–Trinajstić information content (AvgIpc) is 2.73. The quantitative estimate of drug-likeness (QED) is 0.583. The Kier molecular flexibility index (Phi) is 7.48. The Labute approximate surface area is 178 Å². The molecule has 0 bridgehead atoms. The van der Waals surface area contributed by atoms with Crippen molar-refractivity contribution in [2.24, 2.45) is 5.73 Å². The van der Waals surface area contributed by atoms with Crippen LogP contribution in [0.1, 0.15) is 27.6 Å². The van der Waals surface area contributed by atoms with Crippen molar-refractivity contribution in [1.29, 1.82) is 0 Å². The number of methoxy groups -OCH3 is 3. The lowest BCUT2D eigenvalue weighted by Gasteiger charge is -2.17. The molecule has 9 nitrogen and oxygen atoms in total. The van der Waals surface area contributed by atoms with Crippen molar-refractivity contribution in [2.45, 2.75) is 13.0 Å². The van der Waals surface area contributed by atoms with E-state index >= 15 is 0 Å². The first kappa shape index (κ1) is 22.8. The zero-order chi connectivity index (χ0) is 22.4. The first-order chi connectivity index (χ1) is 14.2. The van der Waals surface area contributed by atoms with E-state index in [1.807, 2.05) is 0 Å². The Bertz CT molecular complexity index is 954. The number of hydrogen-bond donors (Lipinski definition) is 3. The number of carbonyl (C=O) groups excluding carboxylic acids is 3. The van der Waals surface area contributed by atoms with Gasteiger partial charge in [0.1, 0.15) is 6.04 Å². The number of halogens is 1. The lowest BCUT2D eigenvalue weighted by molar-refractivity contribution is -0.117. The van der Waals surface area contributed by atoms with Gasteiger partial charge < -0.3 is 30.6 Å². The second-order valence-electron chi connectivity index (χ2n) is 6.16. The molecule has 0 aliphatic rings. The molecule has 1 unspecified atom stereocenters. The van der Waals surface area contributed by atoms with Crippen LogP contribution in [0.3, 0.4) is 0 Å². The summed E-state index contributed by atoms with van der Waals surface area (Å²) >= 11 is 5.90. The van der Waals surface area contributed by atoms with Gasteiger partial charge in [-0.2, -0.15) is 0 Å². The number of nitrogens with one attached hydrogen (secondary N) is 2. The Morgan fingerprint density at radius 2 is 1.60 bits per heavy atom. The molecular weight excluding hydrogens is 414 g/mol. The lowest BCUT2D eigenvalue weighted by atomic mass is 10.1. The summed E-state index contributed by atoms with van der Waals surface area (Å²) in [5.74, 6) is -0.798. The standard InChI is InChI=1S/C20H22ClN3O6/c1-10(19(26)24-12-5-6-14(21)13(9-12)18(22)25)23-20(27)11-7-15(28-2)17(30-4)16(8-11)29-3/h5-10H,1-4H3,(H2,22,25)(H,23,27)(H,24,26). The lowest BCUT2D eigenvalue weighted by Crippen LogP contribution is -2.41. The maximum atomic E-state index is 12.6. The molecule has 4 N–H and O–H groups in total. The SMILES string of the molecule is COc1cc(C(=O)NC(C)C(=O)Nc2ccc(Cl)c(C(N)=O)c2)cc(OC)c1OC. The van der Waals surface area contributed by atoms with E-state index in [-0.39, 0.29) is 16.1 Å². The number of nitrogens with two attached hydrogens (primary N) is 1. The highest BCUT2D eigenvalue weighted by atomic mass is 35.5. The van der Waals surface area contributed by atoms with Crippen molar-refractivity contribution in [3.63, 3.8) is 0 Å². The molecule has 1 atom stereocenters. The van der Waals surface area contributed by atoms with E-state index in [4.69, 9.17) is 31.5 Å². The van der Waals surface area contributed by atoms with Gasteiger partial charge in [-0.1, -0.05) is 11.6 Å². The van der Waals surface area contributed by atoms with Crippen LogP contribution in [-0.4, -0.2) is 45.1 Å². The van der Waals surface area contributed by atoms with Gasteiger partial charge in [-0.15, -0.1) is 0 Å². The van der Waals surface area contributed by atoms with Crippen LogP contribution in [-0.2, 0) is 4.79 Å². The first-order valence-corrected chi connectivity index (χ1v) is 9.10. The van der Waals surface area contributed by atoms with Crippen LogP contribution in [0.4, 0.5) is 5.69 Å². The summed E-state index contributed by atoms with van der Waals surface area (Å²) in [6.45, 7) is 1.51. The number of rotatable bonds is 8. The number of primary amides is 1. The normalized spacial score (nSPS) is 11.2. The number of carbonyl (C=O) groups is 3. The number of ether oxygens (including phenoxy) is 3. The van der Waals surface area contributed by atoms with Crippen molar-refractivity contribution in [3.8, 4) is 17.2 Å². The summed E-state index contributed by atoms with van der Waals surface area (Å²) in [5.41, 5.74) is 5.85. The molecule has 0 fully saturated rings. The van der Waals surface area contributed by atoms with E-state index in [1.54, 1.807) is 0 Å². The highest BCUT2D eigenvalue weighted by Crippen LogP contribution is 2.38. The summed E-state index contributed by atoms with van der Waals surface area (Å²) in [6, 6.07) is 6.36. The molecular formula is C20H22ClN3O6. The van der Waals surface area contributed by atoms with Crippen molar-refractivity contribution < 1.29 is 28.6 Å². The fourth-order valence-corrected chi connectivity index (χ4v) is 2.81. The smallest absolute Gasteiger partial charge is 0.252 e. The second kappa shape index (κ2) is 9.84. The fraction of sp³-hybridized carbons (Fsp3) is 0.250. The maximum Gasteiger partial charge on any atom is 0.252 e. The van der Waals surface area contributed by atoms with E-state index in [1.165, 1.54) is 58.6 Å². The summed E-state index contributed by atoms with van der Waals surface area (Å²) in [7, 11) is 4.32. The van der Waals surface area contributed by atoms with Crippen LogP contribution in [0.25, 0.3) is 0 Å². The van der Waals surface area contributed by atoms with Crippen molar-refractivity contribution in [3.05, 3.63) is 46.5 Å². The third-order valence-corrected chi connectivity index (χ3v) is 4.50. The van der Waals surface area contributed by atoms with Crippen molar-refractivity contribution in [2.75, 3.05) is 26.6 Å². The average molecular weight is 436 g/mol. The minimum Gasteiger partial charge on any atom is -0.493 e. The van der Waals surface area contributed by atoms with Gasteiger partial charge in [0.05, 0.1) is 31.9 Å². The van der Waals surface area contributed by atoms with Gasteiger partial charge in [-0.25, -0.2) is 0 Å². The number of benzene rings is 2. The van der Waals surface area contributed by atoms with Gasteiger partial charge in [0.25, 0.3) is 5.91 Å². The molecule has 0 aromatic heterocycles. The molecule has 0 saturated carbocycles. The molecule has 0 saturated heterocycles. The second-order valence-corrected chi connectivity index (χ2v) is 6.56. The Morgan fingerprint density at radius 3 is 2.10 bits per heavy atom. The van der Waals surface area contributed by atoms with Crippen molar-refractivity contribution >= 4 is 35.0 Å². The Hall–Kier alpha value is -3.46. The minimum absolute atomic E-state index is 0.0728. The Morgan fingerprint density at radius 1 is 1.00 bits per heavy atom. The molecule has 0 aliphatic carbocycles. The predicted molar refractivity (Wildman–Crippen MR) is 112 cm³/mol. The molecule has 2 aromatic rings. The number of anilines is 1. The molecule has 2 rings (SSSR count). The van der Waals surface area contributed by atoms with Gasteiger partial charge in [0, 0.05) is 11.3 Å². The highest BCUT2D eigenvalue weighted by molar-refractivity contribution is 6.34. The molecule has 2 aromatic carbocycles. The predicted octanol–water partition coefficient (Wildman–Crippen LogP) is 2.22. The molecule has 0 spiro atoms. The first-order valence-electron chi connectivity index (χ1n) is 8.72. The van der Waals surface area contributed by atoms with Crippen LogP contribution in [0.2, 0.25) is 5.02 Å². The van der Waals surface area contributed by atoms with Crippen LogP contribution < -0.4 is 30.6 Å². The maximum absolute atomic E-state index is 12.6. The van der Waals surface area contributed by atoms with E-state index in [9.17, 15) is 14.4 Å². The molecule has 0 heterocycles. The number of hydrogen-bond acceptors (Lipinski definition) is 6. The fourth-order valence-electron chi connectivity index (χ4n) is 2.60. The molecule has 3 amide bonds. The van der Waals surface area contributed by atoms with E-state index in [2.05, 4.69) is 10.6 Å². The molecule has 0 radical (unpaired) electrons. The van der Waals surface area contributed by atoms with Gasteiger partial charge in [0.15, 0.2) is 11.5 Å². The van der Waals surface area contributed by atoms with Crippen molar-refractivity contribution in [1.82, 2.24) is 5.32 Å². The molecule has 10 heteroatoms. The topological polar surface area (TPSA) is 129 Å². The van der Waals surface area contributed by atoms with Crippen LogP contribution in [0.15, 0.2) is 30.3 Å². The minimum atomic E-state index is -0.899. The summed E-state index contributed by atoms with van der Waals surface area (Å²) in [4.78, 5) is 36.4. The van der Waals surface area contributed by atoms with Crippen LogP contribution in [0.5, 0.6) is 17.2 Å². The zero-order valence-electron chi connectivity index (χ0n) is 16.9. The van der Waals surface area contributed by atoms with E-state index in [0.29, 0.717) is 22.9 Å².